The Morgan fingerprint density at radius 3 is 2.85 bits per heavy atom. The third-order valence-electron chi connectivity index (χ3n) is 4.62. The van der Waals surface area contributed by atoms with E-state index in [0.717, 1.165) is 23.8 Å². The van der Waals surface area contributed by atoms with E-state index < -0.39 is 22.6 Å². The Kier molecular flexibility index (Phi) is 4.39. The van der Waals surface area contributed by atoms with E-state index in [9.17, 15) is 13.6 Å². The molecule has 2 aromatic carbocycles. The number of fused-ring (bicyclic) bond motifs is 2. The van der Waals surface area contributed by atoms with Crippen molar-refractivity contribution < 1.29 is 18.3 Å². The van der Waals surface area contributed by atoms with Crippen molar-refractivity contribution >= 4 is 22.7 Å². The maximum atomic E-state index is 14.4. The van der Waals surface area contributed by atoms with Crippen molar-refractivity contribution in [2.24, 2.45) is 10.8 Å². The molecule has 2 aromatic rings. The number of thioether (sulfide) groups is 1. The van der Waals surface area contributed by atoms with Crippen molar-refractivity contribution in [1.82, 2.24) is 5.01 Å². The minimum Gasteiger partial charge on any atom is -0.486 e. The lowest BCUT2D eigenvalue weighted by molar-refractivity contribution is -0.134. The molecule has 0 aliphatic carbocycles. The fraction of sp³-hybridized carbons (Fsp3) is 0.263. The summed E-state index contributed by atoms with van der Waals surface area (Å²) < 4.78 is 34.1. The smallest absolute Gasteiger partial charge is 0.241 e. The molecule has 140 valence electrons. The largest absolute Gasteiger partial charge is 0.486 e. The fourth-order valence-corrected chi connectivity index (χ4v) is 5.02. The van der Waals surface area contributed by atoms with Crippen LogP contribution < -0.4 is 10.5 Å². The van der Waals surface area contributed by atoms with Gasteiger partial charge in [0.2, 0.25) is 5.91 Å². The molecule has 0 radical (unpaired) electrons. The van der Waals surface area contributed by atoms with E-state index in [0.29, 0.717) is 18.7 Å². The lowest BCUT2D eigenvalue weighted by Gasteiger charge is -2.35. The second kappa shape index (κ2) is 6.61. The predicted octanol–water partition coefficient (Wildman–Crippen LogP) is 3.18. The number of nitrogens with two attached hydrogens (primary N) is 1. The van der Waals surface area contributed by atoms with Gasteiger partial charge in [-0.3, -0.25) is 4.79 Å². The molecule has 1 spiro atoms. The Morgan fingerprint density at radius 1 is 1.33 bits per heavy atom. The van der Waals surface area contributed by atoms with Crippen LogP contribution in [0.25, 0.3) is 0 Å². The molecule has 2 aliphatic rings. The Labute approximate surface area is 159 Å². The zero-order chi connectivity index (χ0) is 19.2. The summed E-state index contributed by atoms with van der Waals surface area (Å²) in [5, 5.41) is 5.90. The van der Waals surface area contributed by atoms with Crippen molar-refractivity contribution in [1.29, 1.82) is 0 Å². The molecule has 0 aromatic heterocycles. The summed E-state index contributed by atoms with van der Waals surface area (Å²) in [6, 6.07) is 10.5. The van der Waals surface area contributed by atoms with E-state index in [4.69, 9.17) is 10.5 Å². The second-order valence-electron chi connectivity index (χ2n) is 6.34. The molecule has 1 amide bonds. The van der Waals surface area contributed by atoms with Crippen LogP contribution in [0.4, 0.5) is 8.78 Å². The van der Waals surface area contributed by atoms with E-state index in [1.807, 2.05) is 24.3 Å². The van der Waals surface area contributed by atoms with Gasteiger partial charge in [-0.25, -0.2) is 13.8 Å². The number of ether oxygens (including phenoxy) is 1. The Balaban J connectivity index is 1.87. The number of carbonyl (C=O) groups excluding carboxylic acids is 1. The highest BCUT2D eigenvalue weighted by atomic mass is 32.2. The maximum absolute atomic E-state index is 14.4. The van der Waals surface area contributed by atoms with Gasteiger partial charge in [0.25, 0.3) is 0 Å². The lowest BCUT2D eigenvalue weighted by atomic mass is 9.99. The van der Waals surface area contributed by atoms with E-state index in [1.54, 1.807) is 0 Å². The topological polar surface area (TPSA) is 67.9 Å². The van der Waals surface area contributed by atoms with Crippen molar-refractivity contribution in [3.63, 3.8) is 0 Å². The molecule has 2 heterocycles. The van der Waals surface area contributed by atoms with Crippen molar-refractivity contribution in [3.05, 3.63) is 65.2 Å². The summed E-state index contributed by atoms with van der Waals surface area (Å²) in [6.45, 7) is 1.73. The number of para-hydroxylation sites is 1. The van der Waals surface area contributed by atoms with Crippen molar-refractivity contribution in [2.45, 2.75) is 24.3 Å². The Morgan fingerprint density at radius 2 is 2.11 bits per heavy atom. The summed E-state index contributed by atoms with van der Waals surface area (Å²) in [5.41, 5.74) is 6.54. The van der Waals surface area contributed by atoms with Gasteiger partial charge in [-0.2, -0.15) is 5.10 Å². The number of carbonyl (C=O) groups is 1. The molecule has 2 unspecified atom stereocenters. The average Bonchev–Trinajstić information content (AvgIpc) is 3.18. The predicted molar refractivity (Wildman–Crippen MR) is 99.2 cm³/mol. The van der Waals surface area contributed by atoms with Crippen LogP contribution in [0, 0.1) is 11.6 Å². The number of hydrogen-bond acceptors (Lipinski definition) is 5. The standard InChI is InChI=1S/C19H17F2N3O2S/c1-11(25)24-19(14-4-2-3-5-16(14)26-17(19)8-9-22)27-18(23-24)13-10-12(20)6-7-15(13)21/h2-7,10,17H,8-9,22H2,1H3. The van der Waals surface area contributed by atoms with E-state index in [2.05, 4.69) is 5.10 Å². The number of halogens is 2. The highest BCUT2D eigenvalue weighted by Gasteiger charge is 2.59. The highest BCUT2D eigenvalue weighted by molar-refractivity contribution is 8.15. The molecule has 5 nitrogen and oxygen atoms in total. The zero-order valence-electron chi connectivity index (χ0n) is 14.5. The summed E-state index contributed by atoms with van der Waals surface area (Å²) >= 11 is 1.19. The summed E-state index contributed by atoms with van der Waals surface area (Å²) in [5.74, 6) is -0.875. The van der Waals surface area contributed by atoms with Crippen LogP contribution in [-0.2, 0) is 9.67 Å². The van der Waals surface area contributed by atoms with Gasteiger partial charge in [0, 0.05) is 24.5 Å². The Hall–Kier alpha value is -2.45. The van der Waals surface area contributed by atoms with E-state index >= 15 is 0 Å². The number of benzene rings is 2. The molecule has 2 aliphatic heterocycles. The van der Waals surface area contributed by atoms with Gasteiger partial charge >= 0.3 is 0 Å². The number of rotatable bonds is 3. The SMILES string of the molecule is CC(=O)N1N=C(c2cc(F)ccc2F)SC12c1ccccc1OC2CCN. The third kappa shape index (κ3) is 2.71. The third-order valence-corrected chi connectivity index (χ3v) is 6.08. The number of hydrogen-bond donors (Lipinski definition) is 1. The van der Waals surface area contributed by atoms with Crippen molar-refractivity contribution in [2.75, 3.05) is 6.54 Å². The average molecular weight is 389 g/mol. The number of hydrazone groups is 1. The first-order chi connectivity index (χ1) is 13.0. The van der Waals surface area contributed by atoms with Gasteiger partial charge in [0.15, 0.2) is 4.87 Å². The van der Waals surface area contributed by atoms with Crippen LogP contribution in [-0.4, -0.2) is 28.6 Å². The monoisotopic (exact) mass is 389 g/mol. The molecular weight excluding hydrogens is 372 g/mol. The maximum Gasteiger partial charge on any atom is 0.241 e. The summed E-state index contributed by atoms with van der Waals surface area (Å²) in [7, 11) is 0. The molecule has 0 bridgehead atoms. The number of nitrogens with zero attached hydrogens (tertiary/aromatic N) is 2. The normalized spacial score (nSPS) is 23.3. The van der Waals surface area contributed by atoms with E-state index in [-0.39, 0.29) is 16.5 Å². The minimum absolute atomic E-state index is 0.0130. The molecule has 0 fully saturated rings. The molecule has 2 atom stereocenters. The first-order valence-electron chi connectivity index (χ1n) is 8.47. The molecule has 27 heavy (non-hydrogen) atoms. The van der Waals surface area contributed by atoms with Gasteiger partial charge < -0.3 is 10.5 Å². The van der Waals surface area contributed by atoms with Crippen LogP contribution in [0.1, 0.15) is 24.5 Å². The van der Waals surface area contributed by atoms with Gasteiger partial charge in [-0.15, -0.1) is 0 Å². The molecule has 0 saturated carbocycles. The first-order valence-corrected chi connectivity index (χ1v) is 9.29. The first kappa shape index (κ1) is 17.9. The molecule has 4 rings (SSSR count). The van der Waals surface area contributed by atoms with Crippen LogP contribution in [0.3, 0.4) is 0 Å². The fourth-order valence-electron chi connectivity index (χ4n) is 3.50. The van der Waals surface area contributed by atoms with Gasteiger partial charge in [0.05, 0.1) is 0 Å². The Bertz CT molecular complexity index is 952. The molecule has 0 saturated heterocycles. The van der Waals surface area contributed by atoms with Crippen LogP contribution in [0.5, 0.6) is 5.75 Å². The molecular formula is C19H17F2N3O2S. The van der Waals surface area contributed by atoms with Gasteiger partial charge in [-0.05, 0) is 30.8 Å². The van der Waals surface area contributed by atoms with Crippen LogP contribution in [0.15, 0.2) is 47.6 Å². The number of amides is 1. The van der Waals surface area contributed by atoms with Crippen LogP contribution >= 0.6 is 11.8 Å². The summed E-state index contributed by atoms with van der Waals surface area (Å²) in [4.78, 5) is 11.4. The minimum atomic E-state index is -1.00. The summed E-state index contributed by atoms with van der Waals surface area (Å²) in [6.07, 6.45) is 0.00607. The molecule has 2 N–H and O–H groups in total. The van der Waals surface area contributed by atoms with Crippen molar-refractivity contribution in [3.8, 4) is 5.75 Å². The second-order valence-corrected chi connectivity index (χ2v) is 7.55. The van der Waals surface area contributed by atoms with Gasteiger partial charge in [-0.1, -0.05) is 30.0 Å². The zero-order valence-corrected chi connectivity index (χ0v) is 15.3. The lowest BCUT2D eigenvalue weighted by Crippen LogP contribution is -2.48. The van der Waals surface area contributed by atoms with E-state index in [1.165, 1.54) is 23.7 Å². The van der Waals surface area contributed by atoms with Crippen LogP contribution in [0.2, 0.25) is 0 Å². The highest BCUT2D eigenvalue weighted by Crippen LogP contribution is 2.57. The molecule has 8 heteroatoms. The quantitative estimate of drug-likeness (QED) is 0.876. The van der Waals surface area contributed by atoms with Gasteiger partial charge in [0.1, 0.15) is 28.5 Å².